The Kier molecular flexibility index (Phi) is 7.18. The Labute approximate surface area is 188 Å². The lowest BCUT2D eigenvalue weighted by molar-refractivity contribution is -0.111. The van der Waals surface area contributed by atoms with Crippen molar-refractivity contribution in [2.45, 2.75) is 0 Å². The van der Waals surface area contributed by atoms with Gasteiger partial charge in [0.25, 0.3) is 5.91 Å². The number of hydrogen-bond donors (Lipinski definition) is 2. The van der Waals surface area contributed by atoms with Crippen molar-refractivity contribution in [2.75, 3.05) is 17.7 Å². The van der Waals surface area contributed by atoms with E-state index in [2.05, 4.69) is 47.5 Å². The maximum Gasteiger partial charge on any atom is 0.257 e. The summed E-state index contributed by atoms with van der Waals surface area (Å²) in [5.74, 6) is 0.0704. The standard InChI is InChI=1S/C20H15Br2N3O3S/c1-28-18-13(10-14(21)11-16(18)22)4-7-17(26)24-15-5-2-12(3-6-15)19(27)25-20-23-8-9-29-20/h2-11H,1H3,(H,24,26)(H,23,25,27)/b7-4+. The fourth-order valence-electron chi connectivity index (χ4n) is 2.43. The minimum Gasteiger partial charge on any atom is -0.495 e. The summed E-state index contributed by atoms with van der Waals surface area (Å²) in [6.07, 6.45) is 4.70. The number of anilines is 2. The molecule has 2 aromatic carbocycles. The molecule has 2 N–H and O–H groups in total. The van der Waals surface area contributed by atoms with Gasteiger partial charge in [0.15, 0.2) is 5.13 Å². The van der Waals surface area contributed by atoms with E-state index >= 15 is 0 Å². The molecule has 6 nitrogen and oxygen atoms in total. The molecule has 0 spiro atoms. The van der Waals surface area contributed by atoms with Gasteiger partial charge in [-0.05, 0) is 58.4 Å². The van der Waals surface area contributed by atoms with Crippen LogP contribution in [0.1, 0.15) is 15.9 Å². The molecule has 1 aromatic heterocycles. The molecular formula is C20H15Br2N3O3S. The van der Waals surface area contributed by atoms with Gasteiger partial charge >= 0.3 is 0 Å². The van der Waals surface area contributed by atoms with Crippen LogP contribution in [0.5, 0.6) is 5.75 Å². The van der Waals surface area contributed by atoms with Crippen LogP contribution in [0.15, 0.2) is 63.0 Å². The molecule has 0 saturated heterocycles. The van der Waals surface area contributed by atoms with Crippen molar-refractivity contribution in [1.29, 1.82) is 0 Å². The van der Waals surface area contributed by atoms with E-state index in [9.17, 15) is 9.59 Å². The van der Waals surface area contributed by atoms with Crippen molar-refractivity contribution in [3.05, 3.63) is 74.1 Å². The molecule has 0 atom stereocenters. The largest absolute Gasteiger partial charge is 0.495 e. The smallest absolute Gasteiger partial charge is 0.257 e. The molecule has 0 fully saturated rings. The number of nitrogens with zero attached hydrogens (tertiary/aromatic N) is 1. The molecule has 3 aromatic rings. The summed E-state index contributed by atoms with van der Waals surface area (Å²) in [4.78, 5) is 28.4. The third kappa shape index (κ3) is 5.75. The lowest BCUT2D eigenvalue weighted by Gasteiger charge is -2.08. The van der Waals surface area contributed by atoms with Crippen LogP contribution in [0, 0.1) is 0 Å². The van der Waals surface area contributed by atoms with Gasteiger partial charge in [0.1, 0.15) is 5.75 Å². The van der Waals surface area contributed by atoms with E-state index in [1.165, 1.54) is 17.4 Å². The van der Waals surface area contributed by atoms with Gasteiger partial charge in [0.05, 0.1) is 11.6 Å². The Balaban J connectivity index is 1.64. The zero-order valence-electron chi connectivity index (χ0n) is 15.1. The fraction of sp³-hybridized carbons (Fsp3) is 0.0500. The molecule has 148 valence electrons. The lowest BCUT2D eigenvalue weighted by Crippen LogP contribution is -2.12. The van der Waals surface area contributed by atoms with E-state index in [1.807, 2.05) is 12.1 Å². The highest BCUT2D eigenvalue weighted by Gasteiger charge is 2.09. The molecule has 0 saturated carbocycles. The van der Waals surface area contributed by atoms with Crippen molar-refractivity contribution >= 4 is 71.9 Å². The summed E-state index contributed by atoms with van der Waals surface area (Å²) in [6, 6.07) is 10.3. The molecule has 9 heteroatoms. The zero-order valence-corrected chi connectivity index (χ0v) is 19.1. The number of halogens is 2. The number of aromatic nitrogens is 1. The van der Waals surface area contributed by atoms with Gasteiger partial charge in [-0.2, -0.15) is 0 Å². The second-order valence-electron chi connectivity index (χ2n) is 5.70. The lowest BCUT2D eigenvalue weighted by atomic mass is 10.1. The predicted octanol–water partition coefficient (Wildman–Crippen LogP) is 5.58. The minimum atomic E-state index is -0.303. The van der Waals surface area contributed by atoms with E-state index in [4.69, 9.17) is 4.74 Å². The van der Waals surface area contributed by atoms with Crippen molar-refractivity contribution in [3.63, 3.8) is 0 Å². The van der Waals surface area contributed by atoms with Gasteiger partial charge in [-0.25, -0.2) is 4.98 Å². The van der Waals surface area contributed by atoms with Crippen molar-refractivity contribution in [2.24, 2.45) is 0 Å². The van der Waals surface area contributed by atoms with E-state index < -0.39 is 0 Å². The van der Waals surface area contributed by atoms with Crippen LogP contribution >= 0.6 is 43.2 Å². The van der Waals surface area contributed by atoms with Gasteiger partial charge in [-0.15, -0.1) is 11.3 Å². The first-order valence-electron chi connectivity index (χ1n) is 8.29. The molecule has 0 radical (unpaired) electrons. The average Bonchev–Trinajstić information content (AvgIpc) is 3.19. The third-order valence-corrected chi connectivity index (χ3v) is 5.46. The number of methoxy groups -OCH3 is 1. The minimum absolute atomic E-state index is 0.259. The first kappa shape index (κ1) is 21.2. The number of amides is 2. The van der Waals surface area contributed by atoms with Gasteiger partial charge in [-0.3, -0.25) is 14.9 Å². The summed E-state index contributed by atoms with van der Waals surface area (Å²) >= 11 is 8.19. The van der Waals surface area contributed by atoms with Gasteiger partial charge in [0.2, 0.25) is 5.91 Å². The molecule has 0 unspecified atom stereocenters. The molecule has 0 bridgehead atoms. The number of carbonyl (C=O) groups is 2. The van der Waals surface area contributed by atoms with Crippen LogP contribution < -0.4 is 15.4 Å². The molecule has 2 amide bonds. The molecule has 0 aliphatic rings. The summed E-state index contributed by atoms with van der Waals surface area (Å²) < 4.78 is 7.00. The molecule has 0 aliphatic carbocycles. The quantitative estimate of drug-likeness (QED) is 0.403. The second kappa shape index (κ2) is 9.82. The molecule has 3 rings (SSSR count). The van der Waals surface area contributed by atoms with E-state index in [0.29, 0.717) is 22.1 Å². The SMILES string of the molecule is COc1c(Br)cc(Br)cc1/C=C/C(=O)Nc1ccc(C(=O)Nc2nccs2)cc1. The average molecular weight is 537 g/mol. The van der Waals surface area contributed by atoms with Crippen LogP contribution in [0.4, 0.5) is 10.8 Å². The molecular weight excluding hydrogens is 522 g/mol. The van der Waals surface area contributed by atoms with Gasteiger partial charge < -0.3 is 10.1 Å². The van der Waals surface area contributed by atoms with Crippen LogP contribution in [0.25, 0.3) is 6.08 Å². The number of hydrogen-bond acceptors (Lipinski definition) is 5. The number of carbonyl (C=O) groups excluding carboxylic acids is 2. The van der Waals surface area contributed by atoms with Crippen molar-refractivity contribution in [1.82, 2.24) is 4.98 Å². The maximum absolute atomic E-state index is 12.2. The molecule has 29 heavy (non-hydrogen) atoms. The van der Waals surface area contributed by atoms with Gasteiger partial charge in [-0.1, -0.05) is 15.9 Å². The third-order valence-electron chi connectivity index (χ3n) is 3.72. The van der Waals surface area contributed by atoms with Crippen LogP contribution in [0.2, 0.25) is 0 Å². The number of nitrogens with one attached hydrogen (secondary N) is 2. The number of thiazole rings is 1. The topological polar surface area (TPSA) is 80.3 Å². The number of rotatable bonds is 6. The van der Waals surface area contributed by atoms with Gasteiger partial charge in [0, 0.05) is 38.9 Å². The van der Waals surface area contributed by atoms with Crippen LogP contribution in [-0.2, 0) is 4.79 Å². The summed E-state index contributed by atoms with van der Waals surface area (Å²) in [7, 11) is 1.57. The second-order valence-corrected chi connectivity index (χ2v) is 8.37. The monoisotopic (exact) mass is 535 g/mol. The summed E-state index contributed by atoms with van der Waals surface area (Å²) in [6.45, 7) is 0. The van der Waals surface area contributed by atoms with E-state index in [-0.39, 0.29) is 11.8 Å². The molecule has 0 aliphatic heterocycles. The van der Waals surface area contributed by atoms with Crippen molar-refractivity contribution in [3.8, 4) is 5.75 Å². The highest BCUT2D eigenvalue weighted by atomic mass is 79.9. The van der Waals surface area contributed by atoms with E-state index in [0.717, 1.165) is 14.5 Å². The first-order chi connectivity index (χ1) is 14.0. The zero-order chi connectivity index (χ0) is 20.8. The van der Waals surface area contributed by atoms with Crippen molar-refractivity contribution < 1.29 is 14.3 Å². The maximum atomic E-state index is 12.2. The predicted molar refractivity (Wildman–Crippen MR) is 123 cm³/mol. The normalized spacial score (nSPS) is 10.7. The Morgan fingerprint density at radius 1 is 1.14 bits per heavy atom. The number of ether oxygens (including phenoxy) is 1. The molecule has 1 heterocycles. The summed E-state index contributed by atoms with van der Waals surface area (Å²) in [5.41, 5.74) is 1.79. The van der Waals surface area contributed by atoms with Crippen LogP contribution in [-0.4, -0.2) is 23.9 Å². The first-order valence-corrected chi connectivity index (χ1v) is 10.8. The Bertz CT molecular complexity index is 1050. The Morgan fingerprint density at radius 3 is 2.55 bits per heavy atom. The number of benzene rings is 2. The highest BCUT2D eigenvalue weighted by molar-refractivity contribution is 9.11. The van der Waals surface area contributed by atoms with E-state index in [1.54, 1.807) is 49.0 Å². The summed E-state index contributed by atoms with van der Waals surface area (Å²) in [5, 5.41) is 7.78. The van der Waals surface area contributed by atoms with Crippen LogP contribution in [0.3, 0.4) is 0 Å². The highest BCUT2D eigenvalue weighted by Crippen LogP contribution is 2.33. The Morgan fingerprint density at radius 2 is 1.90 bits per heavy atom. The Hall–Kier alpha value is -2.49. The fourth-order valence-corrected chi connectivity index (χ4v) is 4.37.